The maximum absolute atomic E-state index is 12.7. The molecule has 1 atom stereocenters. The van der Waals surface area contributed by atoms with Gasteiger partial charge in [0.05, 0.1) is 17.7 Å². The Labute approximate surface area is 92.2 Å². The molecule has 0 aliphatic heterocycles. The van der Waals surface area contributed by atoms with Crippen LogP contribution in [-0.4, -0.2) is 4.98 Å². The summed E-state index contributed by atoms with van der Waals surface area (Å²) in [5.41, 5.74) is 1.28. The van der Waals surface area contributed by atoms with Gasteiger partial charge in [0.25, 0.3) is 0 Å². The summed E-state index contributed by atoms with van der Waals surface area (Å²) in [6.07, 6.45) is 1.45. The highest BCUT2D eigenvalue weighted by Crippen LogP contribution is 2.22. The van der Waals surface area contributed by atoms with Gasteiger partial charge in [-0.05, 0) is 31.2 Å². The van der Waals surface area contributed by atoms with E-state index in [1.165, 1.54) is 18.4 Å². The monoisotopic (exact) mass is 216 g/mol. The van der Waals surface area contributed by atoms with Crippen molar-refractivity contribution in [3.63, 3.8) is 0 Å². The molecule has 4 heteroatoms. The molecule has 0 N–H and O–H groups in total. The first-order valence-electron chi connectivity index (χ1n) is 4.81. The Morgan fingerprint density at radius 1 is 1.38 bits per heavy atom. The molecule has 1 unspecified atom stereocenters. The zero-order valence-electron chi connectivity index (χ0n) is 8.64. The number of nitriles is 1. The van der Waals surface area contributed by atoms with Crippen LogP contribution < -0.4 is 0 Å². The SMILES string of the molecule is CC(C#N)c1coc(-c2ccc(F)cc2)n1. The van der Waals surface area contributed by atoms with E-state index in [4.69, 9.17) is 9.68 Å². The molecule has 0 bridgehead atoms. The van der Waals surface area contributed by atoms with Crippen LogP contribution in [-0.2, 0) is 0 Å². The largest absolute Gasteiger partial charge is 0.444 e. The molecule has 0 saturated carbocycles. The van der Waals surface area contributed by atoms with E-state index in [1.54, 1.807) is 19.1 Å². The maximum Gasteiger partial charge on any atom is 0.226 e. The molecule has 3 nitrogen and oxygen atoms in total. The molecule has 0 amide bonds. The standard InChI is InChI=1S/C12H9FN2O/c1-8(6-14)11-7-16-12(15-11)9-2-4-10(13)5-3-9/h2-5,7-8H,1H3. The highest BCUT2D eigenvalue weighted by atomic mass is 19.1. The summed E-state index contributed by atoms with van der Waals surface area (Å²) in [5, 5.41) is 8.72. The Bertz CT molecular complexity index is 525. The van der Waals surface area contributed by atoms with Gasteiger partial charge >= 0.3 is 0 Å². The molecule has 1 heterocycles. The molecule has 0 saturated heterocycles. The van der Waals surface area contributed by atoms with E-state index in [9.17, 15) is 4.39 Å². The van der Waals surface area contributed by atoms with E-state index in [0.29, 0.717) is 17.1 Å². The third kappa shape index (κ3) is 1.94. The zero-order valence-corrected chi connectivity index (χ0v) is 8.64. The molecule has 0 aliphatic rings. The van der Waals surface area contributed by atoms with Crippen molar-refractivity contribution in [2.24, 2.45) is 0 Å². The zero-order chi connectivity index (χ0) is 11.5. The molecule has 1 aromatic heterocycles. The van der Waals surface area contributed by atoms with Gasteiger partial charge in [0.2, 0.25) is 5.89 Å². The summed E-state index contributed by atoms with van der Waals surface area (Å²) < 4.78 is 17.9. The highest BCUT2D eigenvalue weighted by molar-refractivity contribution is 5.53. The average Bonchev–Trinajstić information content (AvgIpc) is 2.78. The number of benzene rings is 1. The first-order chi connectivity index (χ1) is 7.70. The lowest BCUT2D eigenvalue weighted by Gasteiger charge is -1.94. The number of oxazole rings is 1. The predicted octanol–water partition coefficient (Wildman–Crippen LogP) is 3.11. The van der Waals surface area contributed by atoms with Crippen LogP contribution in [0.25, 0.3) is 11.5 Å². The molecule has 0 radical (unpaired) electrons. The number of halogens is 1. The van der Waals surface area contributed by atoms with Gasteiger partial charge < -0.3 is 4.42 Å². The van der Waals surface area contributed by atoms with Gasteiger partial charge in [-0.1, -0.05) is 0 Å². The minimum atomic E-state index is -0.307. The fraction of sp³-hybridized carbons (Fsp3) is 0.167. The Kier molecular flexibility index (Phi) is 2.69. The number of nitrogens with zero attached hydrogens (tertiary/aromatic N) is 2. The Morgan fingerprint density at radius 2 is 2.06 bits per heavy atom. The molecule has 16 heavy (non-hydrogen) atoms. The minimum absolute atomic E-state index is 0.305. The fourth-order valence-corrected chi connectivity index (χ4v) is 1.28. The van der Waals surface area contributed by atoms with Crippen molar-refractivity contribution in [2.45, 2.75) is 12.8 Å². The van der Waals surface area contributed by atoms with E-state index in [1.807, 2.05) is 0 Å². The second kappa shape index (κ2) is 4.15. The lowest BCUT2D eigenvalue weighted by atomic mass is 10.1. The van der Waals surface area contributed by atoms with Crippen LogP contribution in [0.1, 0.15) is 18.5 Å². The van der Waals surface area contributed by atoms with Crippen molar-refractivity contribution in [2.75, 3.05) is 0 Å². The number of aromatic nitrogens is 1. The fourth-order valence-electron chi connectivity index (χ4n) is 1.28. The Balaban J connectivity index is 2.32. The molecular weight excluding hydrogens is 207 g/mol. The number of hydrogen-bond donors (Lipinski definition) is 0. The summed E-state index contributed by atoms with van der Waals surface area (Å²) in [6, 6.07) is 7.92. The van der Waals surface area contributed by atoms with Crippen molar-refractivity contribution in [3.8, 4) is 17.5 Å². The van der Waals surface area contributed by atoms with Crippen LogP contribution in [0.2, 0.25) is 0 Å². The average molecular weight is 216 g/mol. The molecule has 0 aliphatic carbocycles. The van der Waals surface area contributed by atoms with Crippen molar-refractivity contribution in [1.29, 1.82) is 5.26 Å². The lowest BCUT2D eigenvalue weighted by molar-refractivity contribution is 0.571. The number of hydrogen-bond acceptors (Lipinski definition) is 3. The molecule has 2 rings (SSSR count). The summed E-state index contributed by atoms with van der Waals surface area (Å²) in [5.74, 6) is -0.212. The van der Waals surface area contributed by atoms with Gasteiger partial charge in [0, 0.05) is 5.56 Å². The van der Waals surface area contributed by atoms with Gasteiger partial charge in [0.15, 0.2) is 0 Å². The molecule has 2 aromatic rings. The van der Waals surface area contributed by atoms with Crippen molar-refractivity contribution in [3.05, 3.63) is 42.0 Å². The van der Waals surface area contributed by atoms with E-state index in [-0.39, 0.29) is 11.7 Å². The van der Waals surface area contributed by atoms with Crippen molar-refractivity contribution < 1.29 is 8.81 Å². The summed E-state index contributed by atoms with van der Waals surface area (Å²) >= 11 is 0. The van der Waals surface area contributed by atoms with Crippen LogP contribution >= 0.6 is 0 Å². The van der Waals surface area contributed by atoms with Crippen LogP contribution in [0.4, 0.5) is 4.39 Å². The third-order valence-electron chi connectivity index (χ3n) is 2.25. The van der Waals surface area contributed by atoms with Gasteiger partial charge in [-0.25, -0.2) is 9.37 Å². The smallest absolute Gasteiger partial charge is 0.226 e. The van der Waals surface area contributed by atoms with E-state index in [2.05, 4.69) is 11.1 Å². The molecule has 80 valence electrons. The predicted molar refractivity (Wildman–Crippen MR) is 55.9 cm³/mol. The second-order valence-electron chi connectivity index (χ2n) is 3.44. The molecule has 0 spiro atoms. The summed E-state index contributed by atoms with van der Waals surface area (Å²) in [6.45, 7) is 1.74. The van der Waals surface area contributed by atoms with Gasteiger partial charge in [-0.3, -0.25) is 0 Å². The lowest BCUT2D eigenvalue weighted by Crippen LogP contribution is -1.89. The van der Waals surface area contributed by atoms with Crippen molar-refractivity contribution >= 4 is 0 Å². The normalized spacial score (nSPS) is 12.1. The summed E-state index contributed by atoms with van der Waals surface area (Å²) in [7, 11) is 0. The van der Waals surface area contributed by atoms with Crippen LogP contribution in [0, 0.1) is 17.1 Å². The van der Waals surface area contributed by atoms with Crippen LogP contribution in [0.3, 0.4) is 0 Å². The topological polar surface area (TPSA) is 49.8 Å². The number of rotatable bonds is 2. The molecule has 1 aromatic carbocycles. The summed E-state index contributed by atoms with van der Waals surface area (Å²) in [4.78, 5) is 4.17. The third-order valence-corrected chi connectivity index (χ3v) is 2.25. The minimum Gasteiger partial charge on any atom is -0.444 e. The van der Waals surface area contributed by atoms with Crippen LogP contribution in [0.15, 0.2) is 34.9 Å². The van der Waals surface area contributed by atoms with E-state index < -0.39 is 0 Å². The quantitative estimate of drug-likeness (QED) is 0.774. The Hall–Kier alpha value is -2.15. The molecular formula is C12H9FN2O. The molecule has 0 fully saturated rings. The first kappa shape index (κ1) is 10.4. The Morgan fingerprint density at radius 3 is 2.69 bits per heavy atom. The first-order valence-corrected chi connectivity index (χ1v) is 4.81. The van der Waals surface area contributed by atoms with Crippen molar-refractivity contribution in [1.82, 2.24) is 4.98 Å². The van der Waals surface area contributed by atoms with Gasteiger partial charge in [-0.15, -0.1) is 0 Å². The van der Waals surface area contributed by atoms with E-state index in [0.717, 1.165) is 0 Å². The second-order valence-corrected chi connectivity index (χ2v) is 3.44. The highest BCUT2D eigenvalue weighted by Gasteiger charge is 2.11. The van der Waals surface area contributed by atoms with Crippen LogP contribution in [0.5, 0.6) is 0 Å². The van der Waals surface area contributed by atoms with E-state index >= 15 is 0 Å². The van der Waals surface area contributed by atoms with Gasteiger partial charge in [-0.2, -0.15) is 5.26 Å². The maximum atomic E-state index is 12.7. The van der Waals surface area contributed by atoms with Gasteiger partial charge in [0.1, 0.15) is 12.1 Å².